The first kappa shape index (κ1) is 20.1. The minimum atomic E-state index is -4.97. The van der Waals surface area contributed by atoms with E-state index in [4.69, 9.17) is 0 Å². The number of hydrogen-bond acceptors (Lipinski definition) is 0. The van der Waals surface area contributed by atoms with Crippen LogP contribution in [0, 0.1) is 0 Å². The molecule has 0 rings (SSSR count). The maximum Gasteiger partial charge on any atom is 0.428 e. The normalized spacial score (nSPS) is 11.3. The summed E-state index contributed by atoms with van der Waals surface area (Å²) < 4.78 is 109. The molecule has 0 aromatic heterocycles. The number of allylic oxidation sites excluding steroid dienone is 2. The average molecular weight is 422 g/mol. The Morgan fingerprint density at radius 3 is 1.06 bits per heavy atom. The second kappa shape index (κ2) is 7.36. The highest BCUT2D eigenvalue weighted by Gasteiger charge is 2.36. The van der Waals surface area contributed by atoms with Crippen molar-refractivity contribution >= 4 is 31.9 Å². The molecule has 12 heteroatoms. The lowest BCUT2D eigenvalue weighted by atomic mass is 10.6. The highest BCUT2D eigenvalue weighted by atomic mass is 79.9. The zero-order valence-corrected chi connectivity index (χ0v) is 10.7. The molecule has 0 aliphatic heterocycles. The van der Waals surface area contributed by atoms with E-state index < -0.39 is 33.5 Å². The summed E-state index contributed by atoms with van der Waals surface area (Å²) in [5, 5.41) is 0. The van der Waals surface area contributed by atoms with Crippen molar-refractivity contribution in [3.8, 4) is 0 Å². The predicted octanol–water partition coefficient (Wildman–Crippen LogP) is 6.10. The lowest BCUT2D eigenvalue weighted by Crippen LogP contribution is -2.07. The number of rotatable bonds is 1. The van der Waals surface area contributed by atoms with Gasteiger partial charge < -0.3 is 0 Å². The molecule has 0 N–H and O–H groups in total. The van der Waals surface area contributed by atoms with Gasteiger partial charge in [0.05, 0.1) is 0 Å². The molecule has 0 saturated carbocycles. The Balaban J connectivity index is 0. The van der Waals surface area contributed by atoms with Crippen LogP contribution in [0.25, 0.3) is 0 Å². The van der Waals surface area contributed by atoms with Crippen molar-refractivity contribution in [3.63, 3.8) is 0 Å². The van der Waals surface area contributed by atoms with Crippen molar-refractivity contribution in [3.05, 3.63) is 22.5 Å². The lowest BCUT2D eigenvalue weighted by molar-refractivity contribution is -0.0858. The maximum atomic E-state index is 11.4. The molecule has 0 amide bonds. The van der Waals surface area contributed by atoms with Gasteiger partial charge in [0.2, 0.25) is 5.83 Å². The third-order valence-corrected chi connectivity index (χ3v) is 1.93. The minimum Gasteiger partial charge on any atom is -0.198 e. The molecule has 0 unspecified atom stereocenters. The smallest absolute Gasteiger partial charge is 0.198 e. The number of alkyl halides is 6. The Morgan fingerprint density at radius 1 is 0.722 bits per heavy atom. The monoisotopic (exact) mass is 420 g/mol. The molecule has 0 aliphatic rings. The van der Waals surface area contributed by atoms with E-state index in [-0.39, 0.29) is 0 Å². The molecule has 0 radical (unpaired) electrons. The third kappa shape index (κ3) is 8.78. The standard InChI is InChI=1S/2C3BrF5/c4-3(8,9)1(5)2(6)7;4-1(2(5)6)3(7,8)9. The summed E-state index contributed by atoms with van der Waals surface area (Å²) in [6.07, 6.45) is -10.8. The van der Waals surface area contributed by atoms with E-state index in [0.29, 0.717) is 0 Å². The average Bonchev–Trinajstić information content (AvgIpc) is 2.13. The molecule has 0 bridgehead atoms. The van der Waals surface area contributed by atoms with Crippen molar-refractivity contribution < 1.29 is 43.9 Å². The summed E-state index contributed by atoms with van der Waals surface area (Å²) in [6.45, 7) is 0. The van der Waals surface area contributed by atoms with Crippen LogP contribution in [-0.2, 0) is 0 Å². The molecule has 0 atom stereocenters. The highest BCUT2D eigenvalue weighted by molar-refractivity contribution is 9.11. The fourth-order valence-corrected chi connectivity index (χ4v) is 0.364. The summed E-state index contributed by atoms with van der Waals surface area (Å²) >= 11 is 3.07. The second-order valence-corrected chi connectivity index (χ2v) is 3.93. The van der Waals surface area contributed by atoms with Gasteiger partial charge in [0.1, 0.15) is 0 Å². The Labute approximate surface area is 110 Å². The Hall–Kier alpha value is -0.260. The van der Waals surface area contributed by atoms with Crippen LogP contribution in [0.3, 0.4) is 0 Å². The molecule has 0 spiro atoms. The largest absolute Gasteiger partial charge is 0.428 e. The summed E-state index contributed by atoms with van der Waals surface area (Å²) in [6, 6.07) is 0. The van der Waals surface area contributed by atoms with Gasteiger partial charge in [-0.1, -0.05) is 0 Å². The van der Waals surface area contributed by atoms with Gasteiger partial charge in [-0.25, -0.2) is 0 Å². The van der Waals surface area contributed by atoms with E-state index in [1.807, 2.05) is 0 Å². The van der Waals surface area contributed by atoms with E-state index in [0.717, 1.165) is 0 Å². The molecule has 18 heavy (non-hydrogen) atoms. The summed E-state index contributed by atoms with van der Waals surface area (Å²) in [4.78, 5) is -4.24. The van der Waals surface area contributed by atoms with Crippen molar-refractivity contribution in [2.75, 3.05) is 0 Å². The molecular weight excluding hydrogens is 422 g/mol. The topological polar surface area (TPSA) is 0 Å². The molecule has 0 fully saturated rings. The zero-order chi connectivity index (χ0) is 15.3. The van der Waals surface area contributed by atoms with Gasteiger partial charge in [-0.3, -0.25) is 0 Å². The number of halogens is 12. The fourth-order valence-electron chi connectivity index (χ4n) is 0.214. The first-order valence-corrected chi connectivity index (χ1v) is 4.85. The van der Waals surface area contributed by atoms with Crippen LogP contribution in [-0.4, -0.2) is 11.0 Å². The van der Waals surface area contributed by atoms with E-state index in [2.05, 4.69) is 0 Å². The van der Waals surface area contributed by atoms with Crippen LogP contribution in [0.15, 0.2) is 22.5 Å². The minimum absolute atomic E-state index is 1.40. The van der Waals surface area contributed by atoms with Crippen LogP contribution in [0.5, 0.6) is 0 Å². The Kier molecular flexibility index (Phi) is 8.20. The van der Waals surface area contributed by atoms with Gasteiger partial charge in [-0.15, -0.1) is 0 Å². The highest BCUT2D eigenvalue weighted by Crippen LogP contribution is 2.34. The first-order chi connectivity index (χ1) is 7.71. The van der Waals surface area contributed by atoms with Gasteiger partial charge >= 0.3 is 17.1 Å². The van der Waals surface area contributed by atoms with E-state index in [1.54, 1.807) is 15.9 Å². The zero-order valence-electron chi connectivity index (χ0n) is 7.54. The molecule has 0 aromatic carbocycles. The third-order valence-electron chi connectivity index (χ3n) is 0.830. The summed E-state index contributed by atoms with van der Waals surface area (Å²) in [5.41, 5.74) is 0. The molecule has 0 nitrogen and oxygen atoms in total. The van der Waals surface area contributed by atoms with Crippen LogP contribution in [0.4, 0.5) is 43.9 Å². The van der Waals surface area contributed by atoms with Gasteiger partial charge in [-0.05, 0) is 31.9 Å². The van der Waals surface area contributed by atoms with Gasteiger partial charge in [0.15, 0.2) is 4.48 Å². The maximum absolute atomic E-state index is 11.4. The second-order valence-electron chi connectivity index (χ2n) is 2.14. The van der Waals surface area contributed by atoms with Crippen LogP contribution in [0.1, 0.15) is 0 Å². The SMILES string of the molecule is FC(F)=C(Br)C(F)(F)F.FC(F)=C(F)C(F)(F)Br. The van der Waals surface area contributed by atoms with Gasteiger partial charge in [0.25, 0.3) is 6.08 Å². The molecule has 0 heterocycles. The van der Waals surface area contributed by atoms with E-state index in [1.165, 1.54) is 15.9 Å². The van der Waals surface area contributed by atoms with Crippen molar-refractivity contribution in [1.82, 2.24) is 0 Å². The van der Waals surface area contributed by atoms with Crippen molar-refractivity contribution in [2.45, 2.75) is 11.0 Å². The number of hydrogen-bond donors (Lipinski definition) is 0. The lowest BCUT2D eigenvalue weighted by Gasteiger charge is -2.01. The van der Waals surface area contributed by atoms with Crippen molar-refractivity contribution in [1.29, 1.82) is 0 Å². The summed E-state index contributed by atoms with van der Waals surface area (Å²) in [5.74, 6) is -2.75. The molecule has 0 saturated heterocycles. The molecule has 0 aromatic rings. The quantitative estimate of drug-likeness (QED) is 0.354. The summed E-state index contributed by atoms with van der Waals surface area (Å²) in [7, 11) is 0. The Morgan fingerprint density at radius 2 is 1.06 bits per heavy atom. The van der Waals surface area contributed by atoms with E-state index >= 15 is 0 Å². The van der Waals surface area contributed by atoms with Crippen molar-refractivity contribution in [2.24, 2.45) is 0 Å². The van der Waals surface area contributed by atoms with Crippen LogP contribution >= 0.6 is 31.9 Å². The Bertz CT molecular complexity index is 293. The van der Waals surface area contributed by atoms with Gasteiger partial charge in [0, 0.05) is 0 Å². The van der Waals surface area contributed by atoms with E-state index in [9.17, 15) is 43.9 Å². The molecule has 108 valence electrons. The van der Waals surface area contributed by atoms with Crippen LogP contribution < -0.4 is 0 Å². The fraction of sp³-hybridized carbons (Fsp3) is 0.333. The predicted molar refractivity (Wildman–Crippen MR) is 48.4 cm³/mol. The van der Waals surface area contributed by atoms with Crippen LogP contribution in [0.2, 0.25) is 0 Å². The molecule has 0 aliphatic carbocycles. The molecular formula is C6Br2F10. The first-order valence-electron chi connectivity index (χ1n) is 3.27. The van der Waals surface area contributed by atoms with Gasteiger partial charge in [-0.2, -0.15) is 43.9 Å².